The Morgan fingerprint density at radius 3 is 2.81 bits per heavy atom. The van der Waals surface area contributed by atoms with E-state index in [4.69, 9.17) is 14.4 Å². The monoisotopic (exact) mass is 229 g/mol. The average molecular weight is 229 g/mol. The van der Waals surface area contributed by atoms with Gasteiger partial charge in [-0.1, -0.05) is 5.16 Å². The lowest BCUT2D eigenvalue weighted by atomic mass is 9.99. The SMILES string of the molecule is COC[C@](C)(CCO)NCc1nc(C)no1. The molecule has 0 saturated heterocycles. The van der Waals surface area contributed by atoms with Crippen LogP contribution < -0.4 is 5.32 Å². The van der Waals surface area contributed by atoms with Crippen molar-refractivity contribution in [3.8, 4) is 0 Å². The van der Waals surface area contributed by atoms with E-state index in [1.807, 2.05) is 6.92 Å². The molecule has 0 aliphatic rings. The maximum Gasteiger partial charge on any atom is 0.240 e. The van der Waals surface area contributed by atoms with Gasteiger partial charge in [-0.3, -0.25) is 0 Å². The predicted molar refractivity (Wildman–Crippen MR) is 57.9 cm³/mol. The molecule has 0 amide bonds. The summed E-state index contributed by atoms with van der Waals surface area (Å²) < 4.78 is 10.1. The Kier molecular flexibility index (Phi) is 4.85. The van der Waals surface area contributed by atoms with E-state index < -0.39 is 0 Å². The smallest absolute Gasteiger partial charge is 0.240 e. The summed E-state index contributed by atoms with van der Waals surface area (Å²) in [5.74, 6) is 1.16. The first-order valence-electron chi connectivity index (χ1n) is 5.23. The molecule has 0 aliphatic carbocycles. The molecule has 6 nitrogen and oxygen atoms in total. The number of aromatic nitrogens is 2. The molecule has 1 aromatic heterocycles. The van der Waals surface area contributed by atoms with Crippen molar-refractivity contribution in [2.24, 2.45) is 0 Å². The highest BCUT2D eigenvalue weighted by Gasteiger charge is 2.23. The maximum atomic E-state index is 8.98. The molecular formula is C10H19N3O3. The Bertz CT molecular complexity index is 308. The van der Waals surface area contributed by atoms with Crippen LogP contribution in [0.2, 0.25) is 0 Å². The van der Waals surface area contributed by atoms with E-state index in [0.29, 0.717) is 31.3 Å². The van der Waals surface area contributed by atoms with Crippen LogP contribution in [0.4, 0.5) is 0 Å². The highest BCUT2D eigenvalue weighted by Crippen LogP contribution is 2.10. The van der Waals surface area contributed by atoms with Crippen molar-refractivity contribution in [2.75, 3.05) is 20.3 Å². The molecule has 16 heavy (non-hydrogen) atoms. The van der Waals surface area contributed by atoms with Crippen molar-refractivity contribution >= 4 is 0 Å². The van der Waals surface area contributed by atoms with E-state index in [0.717, 1.165) is 0 Å². The molecule has 1 atom stereocenters. The quantitative estimate of drug-likeness (QED) is 0.698. The molecular weight excluding hydrogens is 210 g/mol. The second-order valence-electron chi connectivity index (χ2n) is 4.06. The number of aryl methyl sites for hydroxylation is 1. The molecule has 1 heterocycles. The maximum absolute atomic E-state index is 8.98. The van der Waals surface area contributed by atoms with Gasteiger partial charge in [0.2, 0.25) is 5.89 Å². The van der Waals surface area contributed by atoms with Gasteiger partial charge in [0.25, 0.3) is 0 Å². The summed E-state index contributed by atoms with van der Waals surface area (Å²) in [6, 6.07) is 0. The van der Waals surface area contributed by atoms with Crippen molar-refractivity contribution in [3.63, 3.8) is 0 Å². The lowest BCUT2D eigenvalue weighted by molar-refractivity contribution is 0.0948. The number of nitrogens with zero attached hydrogens (tertiary/aromatic N) is 2. The number of hydrogen-bond acceptors (Lipinski definition) is 6. The summed E-state index contributed by atoms with van der Waals surface area (Å²) in [7, 11) is 1.63. The molecule has 1 rings (SSSR count). The first-order valence-corrected chi connectivity index (χ1v) is 5.23. The Hall–Kier alpha value is -0.980. The van der Waals surface area contributed by atoms with Gasteiger partial charge in [-0.05, 0) is 20.3 Å². The van der Waals surface area contributed by atoms with Crippen LogP contribution in [0.1, 0.15) is 25.1 Å². The minimum atomic E-state index is -0.286. The van der Waals surface area contributed by atoms with Crippen LogP contribution in [0.3, 0.4) is 0 Å². The molecule has 0 radical (unpaired) electrons. The third-order valence-electron chi connectivity index (χ3n) is 2.36. The molecule has 6 heteroatoms. The van der Waals surface area contributed by atoms with Gasteiger partial charge in [0, 0.05) is 19.3 Å². The Labute approximate surface area is 95.0 Å². The zero-order chi connectivity index (χ0) is 12.0. The molecule has 0 bridgehead atoms. The molecule has 0 spiro atoms. The highest BCUT2D eigenvalue weighted by molar-refractivity contribution is 4.88. The van der Waals surface area contributed by atoms with Crippen LogP contribution in [0.15, 0.2) is 4.52 Å². The van der Waals surface area contributed by atoms with E-state index >= 15 is 0 Å². The lowest BCUT2D eigenvalue weighted by Gasteiger charge is -2.28. The topological polar surface area (TPSA) is 80.4 Å². The van der Waals surface area contributed by atoms with Gasteiger partial charge in [0.15, 0.2) is 5.82 Å². The third kappa shape index (κ3) is 3.88. The summed E-state index contributed by atoms with van der Waals surface area (Å²) in [4.78, 5) is 4.09. The predicted octanol–water partition coefficient (Wildman–Crippen LogP) is 0.255. The largest absolute Gasteiger partial charge is 0.396 e. The van der Waals surface area contributed by atoms with Gasteiger partial charge in [0.05, 0.1) is 13.2 Å². The third-order valence-corrected chi connectivity index (χ3v) is 2.36. The number of hydrogen-bond donors (Lipinski definition) is 2. The lowest BCUT2D eigenvalue weighted by Crippen LogP contribution is -2.46. The average Bonchev–Trinajstić information content (AvgIpc) is 2.62. The van der Waals surface area contributed by atoms with Crippen molar-refractivity contribution in [1.29, 1.82) is 0 Å². The van der Waals surface area contributed by atoms with E-state index in [1.54, 1.807) is 14.0 Å². The summed E-state index contributed by atoms with van der Waals surface area (Å²) in [5.41, 5.74) is -0.286. The van der Waals surface area contributed by atoms with Gasteiger partial charge in [0.1, 0.15) is 0 Å². The van der Waals surface area contributed by atoms with E-state index in [2.05, 4.69) is 15.5 Å². The molecule has 0 fully saturated rings. The number of aliphatic hydroxyl groups is 1. The summed E-state index contributed by atoms with van der Waals surface area (Å²) in [6.45, 7) is 4.85. The normalized spacial score (nSPS) is 15.0. The fourth-order valence-electron chi connectivity index (χ4n) is 1.48. The molecule has 0 aromatic carbocycles. The summed E-state index contributed by atoms with van der Waals surface area (Å²) in [5, 5.41) is 15.9. The fraction of sp³-hybridized carbons (Fsp3) is 0.800. The highest BCUT2D eigenvalue weighted by atomic mass is 16.5. The van der Waals surface area contributed by atoms with Crippen LogP contribution in [0.5, 0.6) is 0 Å². The standard InChI is InChI=1S/C10H19N3O3/c1-8-12-9(16-13-8)6-11-10(2,4-5-14)7-15-3/h11,14H,4-7H2,1-3H3/t10-/m0/s1. The number of nitrogens with one attached hydrogen (secondary N) is 1. The van der Waals surface area contributed by atoms with Crippen LogP contribution in [-0.2, 0) is 11.3 Å². The van der Waals surface area contributed by atoms with Crippen molar-refractivity contribution in [2.45, 2.75) is 32.4 Å². The van der Waals surface area contributed by atoms with Crippen LogP contribution in [0.25, 0.3) is 0 Å². The minimum Gasteiger partial charge on any atom is -0.396 e. The van der Waals surface area contributed by atoms with Crippen LogP contribution in [-0.4, -0.2) is 41.1 Å². The number of methoxy groups -OCH3 is 1. The van der Waals surface area contributed by atoms with Crippen molar-refractivity contribution in [1.82, 2.24) is 15.5 Å². The number of ether oxygens (including phenoxy) is 1. The molecule has 0 saturated carbocycles. The van der Waals surface area contributed by atoms with Gasteiger partial charge >= 0.3 is 0 Å². The number of aliphatic hydroxyl groups excluding tert-OH is 1. The first-order chi connectivity index (χ1) is 7.59. The molecule has 0 unspecified atom stereocenters. The number of rotatable bonds is 7. The fourth-order valence-corrected chi connectivity index (χ4v) is 1.48. The second-order valence-corrected chi connectivity index (χ2v) is 4.06. The Balaban J connectivity index is 2.49. The van der Waals surface area contributed by atoms with E-state index in [-0.39, 0.29) is 12.1 Å². The summed E-state index contributed by atoms with van der Waals surface area (Å²) in [6.07, 6.45) is 0.605. The zero-order valence-corrected chi connectivity index (χ0v) is 9.99. The van der Waals surface area contributed by atoms with Gasteiger partial charge < -0.3 is 19.7 Å². The van der Waals surface area contributed by atoms with Crippen LogP contribution in [0, 0.1) is 6.92 Å². The van der Waals surface area contributed by atoms with E-state index in [1.165, 1.54) is 0 Å². The second kappa shape index (κ2) is 5.93. The van der Waals surface area contributed by atoms with E-state index in [9.17, 15) is 0 Å². The Morgan fingerprint density at radius 2 is 2.31 bits per heavy atom. The first kappa shape index (κ1) is 13.1. The Morgan fingerprint density at radius 1 is 1.56 bits per heavy atom. The van der Waals surface area contributed by atoms with Crippen LogP contribution >= 0.6 is 0 Å². The van der Waals surface area contributed by atoms with Gasteiger partial charge in [-0.15, -0.1) is 0 Å². The molecule has 2 N–H and O–H groups in total. The van der Waals surface area contributed by atoms with Gasteiger partial charge in [-0.2, -0.15) is 4.98 Å². The summed E-state index contributed by atoms with van der Waals surface area (Å²) >= 11 is 0. The minimum absolute atomic E-state index is 0.107. The molecule has 92 valence electrons. The molecule has 1 aromatic rings. The van der Waals surface area contributed by atoms with Crippen molar-refractivity contribution in [3.05, 3.63) is 11.7 Å². The van der Waals surface area contributed by atoms with Crippen molar-refractivity contribution < 1.29 is 14.4 Å². The zero-order valence-electron chi connectivity index (χ0n) is 9.99. The van der Waals surface area contributed by atoms with Gasteiger partial charge in [-0.25, -0.2) is 0 Å². The molecule has 0 aliphatic heterocycles.